The van der Waals surface area contributed by atoms with Crippen LogP contribution in [0.2, 0.25) is 0 Å². The van der Waals surface area contributed by atoms with Crippen molar-refractivity contribution in [1.82, 2.24) is 14.8 Å². The highest BCUT2D eigenvalue weighted by Gasteiger charge is 2.24. The Labute approximate surface area is 179 Å². The quantitative estimate of drug-likeness (QED) is 0.686. The lowest BCUT2D eigenvalue weighted by Gasteiger charge is -2.28. The van der Waals surface area contributed by atoms with Crippen LogP contribution in [0.3, 0.4) is 0 Å². The lowest BCUT2D eigenvalue weighted by Crippen LogP contribution is -2.41. The van der Waals surface area contributed by atoms with Crippen molar-refractivity contribution in [2.45, 2.75) is 40.7 Å². The highest BCUT2D eigenvalue weighted by molar-refractivity contribution is 5.95. The molecule has 0 bridgehead atoms. The largest absolute Gasteiger partial charge is 0.496 e. The zero-order valence-electron chi connectivity index (χ0n) is 19.3. The number of nitrogens with zero attached hydrogens (tertiary/aromatic N) is 2. The van der Waals surface area contributed by atoms with Crippen LogP contribution in [-0.4, -0.2) is 49.7 Å². The van der Waals surface area contributed by atoms with E-state index in [2.05, 4.69) is 24.1 Å². The predicted octanol–water partition coefficient (Wildman–Crippen LogP) is 3.09. The zero-order chi connectivity index (χ0) is 22.5. The fraction of sp³-hybridized carbons (Fsp3) is 0.500. The zero-order valence-corrected chi connectivity index (χ0v) is 19.3. The molecule has 2 rings (SSSR count). The lowest BCUT2D eigenvalue weighted by molar-refractivity contribution is 0.0926. The van der Waals surface area contributed by atoms with Gasteiger partial charge in [0.15, 0.2) is 5.43 Å². The Kier molecular flexibility index (Phi) is 7.84. The van der Waals surface area contributed by atoms with Gasteiger partial charge in [-0.3, -0.25) is 9.59 Å². The number of nitrogens with one attached hydrogen (secondary N) is 1. The molecule has 2 aromatic rings. The van der Waals surface area contributed by atoms with Crippen LogP contribution < -0.4 is 15.5 Å². The van der Waals surface area contributed by atoms with E-state index in [1.807, 2.05) is 56.8 Å². The second-order valence-corrected chi connectivity index (χ2v) is 8.81. The van der Waals surface area contributed by atoms with Gasteiger partial charge in [-0.25, -0.2) is 0 Å². The van der Waals surface area contributed by atoms with Gasteiger partial charge in [0.2, 0.25) is 0 Å². The monoisotopic (exact) mass is 413 g/mol. The van der Waals surface area contributed by atoms with Gasteiger partial charge in [0, 0.05) is 36.1 Å². The van der Waals surface area contributed by atoms with Gasteiger partial charge in [-0.15, -0.1) is 0 Å². The van der Waals surface area contributed by atoms with Gasteiger partial charge in [0.1, 0.15) is 11.3 Å². The number of ether oxygens (including phenoxy) is 1. The van der Waals surface area contributed by atoms with E-state index in [9.17, 15) is 9.59 Å². The van der Waals surface area contributed by atoms with E-state index in [0.29, 0.717) is 19.5 Å². The molecule has 0 fully saturated rings. The summed E-state index contributed by atoms with van der Waals surface area (Å²) >= 11 is 0. The number of methoxy groups -OCH3 is 1. The van der Waals surface area contributed by atoms with Crippen LogP contribution in [0.4, 0.5) is 0 Å². The molecule has 0 aliphatic carbocycles. The SMILES string of the molecule is CCc1c(C(=O)NCC(C)(C)CN(C)C)c(=O)cc(C)n1Cc1ccccc1OC. The van der Waals surface area contributed by atoms with Crippen LogP contribution in [0.1, 0.15) is 48.1 Å². The summed E-state index contributed by atoms with van der Waals surface area (Å²) < 4.78 is 7.52. The van der Waals surface area contributed by atoms with Crippen molar-refractivity contribution in [3.05, 3.63) is 63.1 Å². The summed E-state index contributed by atoms with van der Waals surface area (Å²) in [7, 11) is 5.66. The Balaban J connectivity index is 2.40. The Morgan fingerprint density at radius 3 is 2.50 bits per heavy atom. The van der Waals surface area contributed by atoms with Crippen molar-refractivity contribution < 1.29 is 9.53 Å². The Bertz CT molecular complexity index is 945. The average molecular weight is 414 g/mol. The number of carbonyl (C=O) groups excluding carboxylic acids is 1. The van der Waals surface area contributed by atoms with Crippen molar-refractivity contribution >= 4 is 5.91 Å². The highest BCUT2D eigenvalue weighted by Crippen LogP contribution is 2.21. The maximum absolute atomic E-state index is 13.1. The van der Waals surface area contributed by atoms with Gasteiger partial charge in [-0.2, -0.15) is 0 Å². The third-order valence-electron chi connectivity index (χ3n) is 5.18. The molecule has 1 heterocycles. The van der Waals surface area contributed by atoms with E-state index in [-0.39, 0.29) is 22.3 Å². The van der Waals surface area contributed by atoms with E-state index >= 15 is 0 Å². The minimum absolute atomic E-state index is 0.105. The summed E-state index contributed by atoms with van der Waals surface area (Å²) in [6, 6.07) is 9.35. The first-order valence-electron chi connectivity index (χ1n) is 10.4. The molecule has 0 aliphatic rings. The topological polar surface area (TPSA) is 63.6 Å². The van der Waals surface area contributed by atoms with Crippen molar-refractivity contribution in [3.8, 4) is 5.75 Å². The molecular weight excluding hydrogens is 378 g/mol. The Morgan fingerprint density at radius 1 is 1.23 bits per heavy atom. The Morgan fingerprint density at radius 2 is 1.90 bits per heavy atom. The molecule has 1 aromatic heterocycles. The molecule has 0 radical (unpaired) electrons. The van der Waals surface area contributed by atoms with E-state index < -0.39 is 0 Å². The number of para-hydroxylation sites is 1. The molecule has 0 atom stereocenters. The number of carbonyl (C=O) groups is 1. The molecule has 0 spiro atoms. The molecule has 6 nitrogen and oxygen atoms in total. The van der Waals surface area contributed by atoms with Gasteiger partial charge in [-0.05, 0) is 38.9 Å². The van der Waals surface area contributed by atoms with Crippen molar-refractivity contribution in [3.63, 3.8) is 0 Å². The van der Waals surface area contributed by atoms with Crippen LogP contribution in [0.15, 0.2) is 35.1 Å². The minimum Gasteiger partial charge on any atom is -0.496 e. The smallest absolute Gasteiger partial charge is 0.257 e. The molecule has 0 unspecified atom stereocenters. The number of pyridine rings is 1. The first-order valence-corrected chi connectivity index (χ1v) is 10.4. The van der Waals surface area contributed by atoms with E-state index in [4.69, 9.17) is 4.74 Å². The highest BCUT2D eigenvalue weighted by atomic mass is 16.5. The number of rotatable bonds is 9. The second kappa shape index (κ2) is 9.94. The second-order valence-electron chi connectivity index (χ2n) is 8.81. The van der Waals surface area contributed by atoms with Crippen LogP contribution in [-0.2, 0) is 13.0 Å². The molecule has 0 aliphatic heterocycles. The van der Waals surface area contributed by atoms with Gasteiger partial charge < -0.3 is 19.5 Å². The Hall–Kier alpha value is -2.60. The standard InChI is InChI=1S/C24H35N3O3/c1-8-19-22(23(29)25-15-24(3,4)16-26(5)6)20(28)13-17(2)27(19)14-18-11-9-10-12-21(18)30-7/h9-13H,8,14-16H2,1-7H3,(H,25,29). The van der Waals surface area contributed by atoms with Crippen LogP contribution in [0.25, 0.3) is 0 Å². The normalized spacial score (nSPS) is 11.6. The summed E-state index contributed by atoms with van der Waals surface area (Å²) in [5.41, 5.74) is 2.47. The van der Waals surface area contributed by atoms with Gasteiger partial charge in [0.25, 0.3) is 5.91 Å². The summed E-state index contributed by atoms with van der Waals surface area (Å²) in [4.78, 5) is 27.9. The maximum Gasteiger partial charge on any atom is 0.257 e. The molecule has 1 N–H and O–H groups in total. The molecule has 30 heavy (non-hydrogen) atoms. The number of aromatic nitrogens is 1. The fourth-order valence-electron chi connectivity index (χ4n) is 3.98. The number of benzene rings is 1. The molecular formula is C24H35N3O3. The van der Waals surface area contributed by atoms with Crippen molar-refractivity contribution in [1.29, 1.82) is 0 Å². The fourth-order valence-corrected chi connectivity index (χ4v) is 3.98. The van der Waals surface area contributed by atoms with E-state index in [0.717, 1.165) is 29.2 Å². The maximum atomic E-state index is 13.1. The molecule has 0 saturated heterocycles. The number of amides is 1. The summed E-state index contributed by atoms with van der Waals surface area (Å²) in [5, 5.41) is 2.99. The summed E-state index contributed by atoms with van der Waals surface area (Å²) in [5.74, 6) is 0.478. The van der Waals surface area contributed by atoms with E-state index in [1.54, 1.807) is 13.2 Å². The van der Waals surface area contributed by atoms with E-state index in [1.165, 1.54) is 0 Å². The predicted molar refractivity (Wildman–Crippen MR) is 122 cm³/mol. The molecule has 1 amide bonds. The van der Waals surface area contributed by atoms with Gasteiger partial charge in [-0.1, -0.05) is 39.0 Å². The average Bonchev–Trinajstić information content (AvgIpc) is 2.67. The third-order valence-corrected chi connectivity index (χ3v) is 5.18. The molecule has 0 saturated carbocycles. The minimum atomic E-state index is -0.308. The van der Waals surface area contributed by atoms with Gasteiger partial charge >= 0.3 is 0 Å². The van der Waals surface area contributed by atoms with Crippen molar-refractivity contribution in [2.75, 3.05) is 34.3 Å². The molecule has 6 heteroatoms. The van der Waals surface area contributed by atoms with Crippen LogP contribution >= 0.6 is 0 Å². The van der Waals surface area contributed by atoms with Crippen molar-refractivity contribution in [2.24, 2.45) is 5.41 Å². The number of aryl methyl sites for hydroxylation is 1. The first kappa shape index (κ1) is 23.7. The lowest BCUT2D eigenvalue weighted by atomic mass is 9.92. The first-order chi connectivity index (χ1) is 14.1. The summed E-state index contributed by atoms with van der Waals surface area (Å²) in [6.07, 6.45) is 0.579. The van der Waals surface area contributed by atoms with Crippen LogP contribution in [0.5, 0.6) is 5.75 Å². The van der Waals surface area contributed by atoms with Gasteiger partial charge in [0.05, 0.1) is 13.7 Å². The number of hydrogen-bond acceptors (Lipinski definition) is 4. The molecule has 164 valence electrons. The van der Waals surface area contributed by atoms with Crippen LogP contribution in [0, 0.1) is 12.3 Å². The third kappa shape index (κ3) is 5.72. The number of hydrogen-bond donors (Lipinski definition) is 1. The summed E-state index contributed by atoms with van der Waals surface area (Å²) in [6.45, 7) is 9.93. The molecule has 1 aromatic carbocycles.